The first-order valence-corrected chi connectivity index (χ1v) is 7.34. The summed E-state index contributed by atoms with van der Waals surface area (Å²) >= 11 is 1.61. The summed E-state index contributed by atoms with van der Waals surface area (Å²) in [7, 11) is 0. The second-order valence-electron chi connectivity index (χ2n) is 4.59. The molecule has 0 unspecified atom stereocenters. The molecule has 0 radical (unpaired) electrons. The monoisotopic (exact) mass is 288 g/mol. The third-order valence-corrected chi connectivity index (χ3v) is 4.48. The van der Waals surface area contributed by atoms with Crippen molar-refractivity contribution >= 4 is 17.7 Å². The Morgan fingerprint density at radius 2 is 1.90 bits per heavy atom. The van der Waals surface area contributed by atoms with Crippen LogP contribution in [0.4, 0.5) is 4.39 Å². The van der Waals surface area contributed by atoms with E-state index in [1.54, 1.807) is 36.3 Å². The van der Waals surface area contributed by atoms with E-state index in [9.17, 15) is 9.18 Å². The minimum Gasteiger partial charge on any atom is -0.322 e. The van der Waals surface area contributed by atoms with E-state index in [-0.39, 0.29) is 17.1 Å². The highest BCUT2D eigenvalue weighted by Crippen LogP contribution is 2.39. The van der Waals surface area contributed by atoms with Gasteiger partial charge < -0.3 is 4.90 Å². The number of nitrogens with zero attached hydrogens (tertiary/aromatic N) is 2. The van der Waals surface area contributed by atoms with Crippen LogP contribution in [0, 0.1) is 5.82 Å². The highest BCUT2D eigenvalue weighted by Gasteiger charge is 2.32. The van der Waals surface area contributed by atoms with Gasteiger partial charge in [-0.1, -0.05) is 12.1 Å². The van der Waals surface area contributed by atoms with Crippen LogP contribution in [0.3, 0.4) is 0 Å². The van der Waals surface area contributed by atoms with E-state index in [1.165, 1.54) is 12.1 Å². The number of hydrogen-bond acceptors (Lipinski definition) is 3. The summed E-state index contributed by atoms with van der Waals surface area (Å²) < 4.78 is 12.9. The molecule has 1 saturated heterocycles. The third kappa shape index (κ3) is 2.67. The smallest absolute Gasteiger partial charge is 0.234 e. The Balaban J connectivity index is 1.82. The van der Waals surface area contributed by atoms with E-state index in [0.29, 0.717) is 12.3 Å². The summed E-state index contributed by atoms with van der Waals surface area (Å²) in [6.07, 6.45) is 3.46. The van der Waals surface area contributed by atoms with Gasteiger partial charge in [-0.3, -0.25) is 9.78 Å². The van der Waals surface area contributed by atoms with Crippen molar-refractivity contribution in [2.75, 3.05) is 5.75 Å². The van der Waals surface area contributed by atoms with Crippen LogP contribution in [0.5, 0.6) is 0 Å². The summed E-state index contributed by atoms with van der Waals surface area (Å²) in [4.78, 5) is 17.9. The fourth-order valence-corrected chi connectivity index (χ4v) is 3.40. The minimum atomic E-state index is -0.262. The summed E-state index contributed by atoms with van der Waals surface area (Å²) in [6.45, 7) is 0.499. The van der Waals surface area contributed by atoms with Gasteiger partial charge in [-0.2, -0.15) is 0 Å². The van der Waals surface area contributed by atoms with E-state index in [1.807, 2.05) is 17.0 Å². The molecule has 0 aliphatic carbocycles. The van der Waals surface area contributed by atoms with Gasteiger partial charge in [0.25, 0.3) is 0 Å². The van der Waals surface area contributed by atoms with Crippen LogP contribution >= 0.6 is 11.8 Å². The molecule has 20 heavy (non-hydrogen) atoms. The van der Waals surface area contributed by atoms with Crippen LogP contribution in [-0.2, 0) is 11.3 Å². The Hall–Kier alpha value is -1.88. The molecule has 102 valence electrons. The predicted octanol–water partition coefficient (Wildman–Crippen LogP) is 2.99. The molecule has 1 atom stereocenters. The van der Waals surface area contributed by atoms with Crippen molar-refractivity contribution in [3.63, 3.8) is 0 Å². The molecule has 0 bridgehead atoms. The van der Waals surface area contributed by atoms with Gasteiger partial charge in [0.05, 0.1) is 5.75 Å². The fraction of sp³-hybridized carbons (Fsp3) is 0.200. The first-order chi connectivity index (χ1) is 9.74. The van der Waals surface area contributed by atoms with Gasteiger partial charge in [0.1, 0.15) is 11.2 Å². The number of rotatable bonds is 3. The molecule has 5 heteroatoms. The number of pyridine rings is 1. The van der Waals surface area contributed by atoms with Gasteiger partial charge in [0.15, 0.2) is 0 Å². The zero-order valence-electron chi connectivity index (χ0n) is 10.7. The van der Waals surface area contributed by atoms with E-state index < -0.39 is 0 Å². The first kappa shape index (κ1) is 13.1. The lowest BCUT2D eigenvalue weighted by Crippen LogP contribution is -2.27. The van der Waals surface area contributed by atoms with Crippen molar-refractivity contribution in [2.24, 2.45) is 0 Å². The first-order valence-electron chi connectivity index (χ1n) is 6.29. The van der Waals surface area contributed by atoms with Crippen LogP contribution in [-0.4, -0.2) is 21.5 Å². The Labute approximate surface area is 120 Å². The third-order valence-electron chi connectivity index (χ3n) is 3.23. The molecule has 1 aliphatic rings. The lowest BCUT2D eigenvalue weighted by Gasteiger charge is -2.24. The van der Waals surface area contributed by atoms with Crippen molar-refractivity contribution in [3.05, 3.63) is 65.7 Å². The molecule has 2 aromatic rings. The molecular formula is C15H13FN2OS. The number of amides is 1. The van der Waals surface area contributed by atoms with Crippen molar-refractivity contribution in [2.45, 2.75) is 11.9 Å². The highest BCUT2D eigenvalue weighted by atomic mass is 32.2. The Morgan fingerprint density at radius 1 is 1.20 bits per heavy atom. The van der Waals surface area contributed by atoms with Crippen LogP contribution in [0.2, 0.25) is 0 Å². The number of aromatic nitrogens is 1. The molecule has 1 aromatic carbocycles. The van der Waals surface area contributed by atoms with E-state index in [4.69, 9.17) is 0 Å². The summed E-state index contributed by atoms with van der Waals surface area (Å²) in [5.41, 5.74) is 2.00. The van der Waals surface area contributed by atoms with Crippen molar-refractivity contribution in [3.8, 4) is 0 Å². The molecule has 3 rings (SSSR count). The second kappa shape index (κ2) is 5.63. The Bertz CT molecular complexity index is 603. The number of benzene rings is 1. The largest absolute Gasteiger partial charge is 0.322 e. The summed E-state index contributed by atoms with van der Waals surface area (Å²) in [5.74, 6) is 0.330. The van der Waals surface area contributed by atoms with Gasteiger partial charge in [-0.05, 0) is 35.4 Å². The van der Waals surface area contributed by atoms with Gasteiger partial charge in [0, 0.05) is 18.9 Å². The number of thioether (sulfide) groups is 1. The normalized spacial score (nSPS) is 18.6. The maximum atomic E-state index is 12.9. The SMILES string of the molecule is O=C1CS[C@H](c2ccncc2)N1Cc1ccc(F)cc1. The molecule has 0 spiro atoms. The molecule has 0 saturated carbocycles. The van der Waals surface area contributed by atoms with Crippen molar-refractivity contribution < 1.29 is 9.18 Å². The average Bonchev–Trinajstić information content (AvgIpc) is 2.84. The Morgan fingerprint density at radius 3 is 2.60 bits per heavy atom. The lowest BCUT2D eigenvalue weighted by molar-refractivity contribution is -0.128. The van der Waals surface area contributed by atoms with E-state index in [0.717, 1.165) is 11.1 Å². The van der Waals surface area contributed by atoms with Crippen LogP contribution in [0.1, 0.15) is 16.5 Å². The number of halogens is 1. The standard InChI is InChI=1S/C15H13FN2OS/c16-13-3-1-11(2-4-13)9-18-14(19)10-20-15(18)12-5-7-17-8-6-12/h1-8,15H,9-10H2/t15-/m1/s1. The molecule has 0 N–H and O–H groups in total. The zero-order valence-corrected chi connectivity index (χ0v) is 11.5. The fourth-order valence-electron chi connectivity index (χ4n) is 2.22. The van der Waals surface area contributed by atoms with Gasteiger partial charge in [-0.25, -0.2) is 4.39 Å². The molecule has 1 aliphatic heterocycles. The average molecular weight is 288 g/mol. The van der Waals surface area contributed by atoms with E-state index >= 15 is 0 Å². The van der Waals surface area contributed by atoms with Crippen LogP contribution < -0.4 is 0 Å². The van der Waals surface area contributed by atoms with Crippen LogP contribution in [0.25, 0.3) is 0 Å². The number of hydrogen-bond donors (Lipinski definition) is 0. The predicted molar refractivity (Wildman–Crippen MR) is 76.4 cm³/mol. The molecular weight excluding hydrogens is 275 g/mol. The van der Waals surface area contributed by atoms with Gasteiger partial charge in [-0.15, -0.1) is 11.8 Å². The maximum Gasteiger partial charge on any atom is 0.234 e. The quantitative estimate of drug-likeness (QED) is 0.870. The summed E-state index contributed by atoms with van der Waals surface area (Å²) in [6, 6.07) is 10.1. The maximum absolute atomic E-state index is 12.9. The highest BCUT2D eigenvalue weighted by molar-refractivity contribution is 8.00. The molecule has 1 fully saturated rings. The zero-order chi connectivity index (χ0) is 13.9. The molecule has 1 aromatic heterocycles. The Kier molecular flexibility index (Phi) is 3.69. The van der Waals surface area contributed by atoms with E-state index in [2.05, 4.69) is 4.98 Å². The van der Waals surface area contributed by atoms with Gasteiger partial charge in [0.2, 0.25) is 5.91 Å². The minimum absolute atomic E-state index is 0.00977. The van der Waals surface area contributed by atoms with Crippen molar-refractivity contribution in [1.29, 1.82) is 0 Å². The molecule has 3 nitrogen and oxygen atoms in total. The second-order valence-corrected chi connectivity index (χ2v) is 5.66. The number of carbonyl (C=O) groups excluding carboxylic acids is 1. The molecule has 2 heterocycles. The van der Waals surface area contributed by atoms with Crippen LogP contribution in [0.15, 0.2) is 48.8 Å². The van der Waals surface area contributed by atoms with Crippen molar-refractivity contribution in [1.82, 2.24) is 9.88 Å². The molecule has 1 amide bonds. The number of carbonyl (C=O) groups is 1. The van der Waals surface area contributed by atoms with Gasteiger partial charge >= 0.3 is 0 Å². The topological polar surface area (TPSA) is 33.2 Å². The lowest BCUT2D eigenvalue weighted by atomic mass is 10.2. The summed E-state index contributed by atoms with van der Waals surface area (Å²) in [5, 5.41) is 0.00977.